The van der Waals surface area contributed by atoms with Crippen LogP contribution in [-0.4, -0.2) is 49.9 Å². The van der Waals surface area contributed by atoms with E-state index < -0.39 is 18.1 Å². The second kappa shape index (κ2) is 8.56. The van der Waals surface area contributed by atoms with Gasteiger partial charge in [-0.3, -0.25) is 9.78 Å². The molecule has 0 amide bonds. The SMILES string of the molecule is CN[C@H](C(=O)O)[C@H](O)[C@H](C)Cc1nccn1CCc1cccnc1. The first kappa shape index (κ1) is 18.1. The molecule has 0 aliphatic heterocycles. The highest BCUT2D eigenvalue weighted by molar-refractivity contribution is 5.74. The third-order valence-corrected chi connectivity index (χ3v) is 4.17. The molecule has 0 aromatic carbocycles. The lowest BCUT2D eigenvalue weighted by molar-refractivity contribution is -0.143. The molecule has 0 bridgehead atoms. The molecule has 0 radical (unpaired) electrons. The van der Waals surface area contributed by atoms with Crippen molar-refractivity contribution in [2.45, 2.75) is 38.5 Å². The first-order valence-electron chi connectivity index (χ1n) is 8.00. The maximum absolute atomic E-state index is 11.2. The Labute approximate surface area is 141 Å². The number of aryl methyl sites for hydroxylation is 2. The van der Waals surface area contributed by atoms with E-state index in [1.54, 1.807) is 12.4 Å². The lowest BCUT2D eigenvalue weighted by Crippen LogP contribution is -2.47. The van der Waals surface area contributed by atoms with Crippen LogP contribution in [0.25, 0.3) is 0 Å². The van der Waals surface area contributed by atoms with E-state index in [-0.39, 0.29) is 5.92 Å². The molecule has 24 heavy (non-hydrogen) atoms. The summed E-state index contributed by atoms with van der Waals surface area (Å²) in [4.78, 5) is 19.6. The molecule has 0 spiro atoms. The Hall–Kier alpha value is -2.25. The number of pyridine rings is 1. The molecule has 0 aliphatic carbocycles. The largest absolute Gasteiger partial charge is 0.480 e. The van der Waals surface area contributed by atoms with Crippen molar-refractivity contribution in [2.75, 3.05) is 7.05 Å². The molecule has 0 aliphatic rings. The predicted octanol–water partition coefficient (Wildman–Crippen LogP) is 0.733. The minimum atomic E-state index is -1.06. The van der Waals surface area contributed by atoms with Gasteiger partial charge in [-0.2, -0.15) is 0 Å². The molecule has 0 fully saturated rings. The maximum atomic E-state index is 11.2. The van der Waals surface area contributed by atoms with Gasteiger partial charge in [-0.05, 0) is 31.0 Å². The summed E-state index contributed by atoms with van der Waals surface area (Å²) >= 11 is 0. The van der Waals surface area contributed by atoms with E-state index in [0.29, 0.717) is 6.42 Å². The third kappa shape index (κ3) is 4.62. The fourth-order valence-electron chi connectivity index (χ4n) is 2.71. The quantitative estimate of drug-likeness (QED) is 0.626. The Morgan fingerprint density at radius 1 is 1.42 bits per heavy atom. The van der Waals surface area contributed by atoms with Crippen molar-refractivity contribution in [3.63, 3.8) is 0 Å². The van der Waals surface area contributed by atoms with Gasteiger partial charge in [0.1, 0.15) is 11.9 Å². The number of aliphatic carboxylic acids is 1. The first-order chi connectivity index (χ1) is 11.5. The van der Waals surface area contributed by atoms with Crippen molar-refractivity contribution in [2.24, 2.45) is 5.92 Å². The highest BCUT2D eigenvalue weighted by Crippen LogP contribution is 2.15. The number of carboxylic acid groups (broad SMARTS) is 1. The number of aromatic nitrogens is 3. The Balaban J connectivity index is 1.98. The van der Waals surface area contributed by atoms with Gasteiger partial charge in [0, 0.05) is 37.8 Å². The summed E-state index contributed by atoms with van der Waals surface area (Å²) in [6.07, 6.45) is 7.57. The standard InChI is InChI=1S/C17H24N4O3/c1-12(16(22)15(18-2)17(23)24)10-14-20-7-9-21(14)8-5-13-4-3-6-19-11-13/h3-4,6-7,9,11-12,15-16,18,22H,5,8,10H2,1-2H3,(H,23,24)/t12-,15+,16-/m1/s1. The molecule has 3 N–H and O–H groups in total. The van der Waals surface area contributed by atoms with Gasteiger partial charge in [0.2, 0.25) is 0 Å². The molecule has 3 atom stereocenters. The number of aliphatic hydroxyl groups is 1. The van der Waals surface area contributed by atoms with Crippen LogP contribution in [0.2, 0.25) is 0 Å². The van der Waals surface area contributed by atoms with Gasteiger partial charge in [-0.1, -0.05) is 13.0 Å². The van der Waals surface area contributed by atoms with Crippen LogP contribution in [-0.2, 0) is 24.2 Å². The fraction of sp³-hybridized carbons (Fsp3) is 0.471. The van der Waals surface area contributed by atoms with Crippen LogP contribution in [0.3, 0.4) is 0 Å². The van der Waals surface area contributed by atoms with E-state index in [0.717, 1.165) is 24.4 Å². The van der Waals surface area contributed by atoms with Crippen molar-refractivity contribution in [1.29, 1.82) is 0 Å². The Morgan fingerprint density at radius 2 is 2.21 bits per heavy atom. The summed E-state index contributed by atoms with van der Waals surface area (Å²) < 4.78 is 2.03. The highest BCUT2D eigenvalue weighted by atomic mass is 16.4. The molecule has 7 nitrogen and oxygen atoms in total. The van der Waals surface area contributed by atoms with Gasteiger partial charge < -0.3 is 20.1 Å². The van der Waals surface area contributed by atoms with E-state index in [9.17, 15) is 9.90 Å². The van der Waals surface area contributed by atoms with Gasteiger partial charge >= 0.3 is 5.97 Å². The molecule has 7 heteroatoms. The number of hydrogen-bond acceptors (Lipinski definition) is 5. The van der Waals surface area contributed by atoms with E-state index in [1.807, 2.05) is 36.0 Å². The van der Waals surface area contributed by atoms with Gasteiger partial charge in [0.25, 0.3) is 0 Å². The fourth-order valence-corrected chi connectivity index (χ4v) is 2.71. The predicted molar refractivity (Wildman–Crippen MR) is 89.5 cm³/mol. The van der Waals surface area contributed by atoms with Gasteiger partial charge in [0.05, 0.1) is 6.10 Å². The number of nitrogens with one attached hydrogen (secondary N) is 1. The number of nitrogens with zero attached hydrogens (tertiary/aromatic N) is 3. The molecule has 130 valence electrons. The average Bonchev–Trinajstić information content (AvgIpc) is 3.01. The molecule has 0 saturated carbocycles. The Morgan fingerprint density at radius 3 is 2.83 bits per heavy atom. The average molecular weight is 332 g/mol. The Kier molecular flexibility index (Phi) is 6.45. The summed E-state index contributed by atoms with van der Waals surface area (Å²) in [6, 6.07) is 2.95. The Bertz CT molecular complexity index is 644. The number of imidazole rings is 1. The zero-order valence-corrected chi connectivity index (χ0v) is 14.0. The minimum absolute atomic E-state index is 0.238. The molecule has 0 unspecified atom stereocenters. The molecular formula is C17H24N4O3. The number of carboxylic acids is 1. The molecular weight excluding hydrogens is 308 g/mol. The second-order valence-corrected chi connectivity index (χ2v) is 5.92. The van der Waals surface area contributed by atoms with Gasteiger partial charge in [-0.15, -0.1) is 0 Å². The summed E-state index contributed by atoms with van der Waals surface area (Å²) in [5, 5.41) is 22.0. The van der Waals surface area contributed by atoms with E-state index >= 15 is 0 Å². The molecule has 2 aromatic rings. The molecule has 2 rings (SSSR count). The van der Waals surface area contributed by atoms with Crippen LogP contribution in [0.1, 0.15) is 18.3 Å². The summed E-state index contributed by atoms with van der Waals surface area (Å²) in [5.41, 5.74) is 1.14. The normalized spacial score (nSPS) is 15.0. The molecule has 0 saturated heterocycles. The number of carbonyl (C=O) groups is 1. The van der Waals surface area contributed by atoms with Gasteiger partial charge in [-0.25, -0.2) is 4.98 Å². The zero-order valence-electron chi connectivity index (χ0n) is 14.0. The van der Waals surface area contributed by atoms with Crippen molar-refractivity contribution in [3.05, 3.63) is 48.3 Å². The van der Waals surface area contributed by atoms with Crippen molar-refractivity contribution >= 4 is 5.97 Å². The van der Waals surface area contributed by atoms with Gasteiger partial charge in [0.15, 0.2) is 0 Å². The summed E-state index contributed by atoms with van der Waals surface area (Å²) in [7, 11) is 1.53. The number of rotatable bonds is 9. The van der Waals surface area contributed by atoms with Crippen LogP contribution in [0, 0.1) is 5.92 Å². The monoisotopic (exact) mass is 332 g/mol. The van der Waals surface area contributed by atoms with Crippen LogP contribution in [0.5, 0.6) is 0 Å². The van der Waals surface area contributed by atoms with Crippen LogP contribution < -0.4 is 5.32 Å². The van der Waals surface area contributed by atoms with Crippen molar-refractivity contribution in [1.82, 2.24) is 19.9 Å². The van der Waals surface area contributed by atoms with E-state index in [1.165, 1.54) is 7.05 Å². The van der Waals surface area contributed by atoms with E-state index in [2.05, 4.69) is 15.3 Å². The topological polar surface area (TPSA) is 100 Å². The zero-order chi connectivity index (χ0) is 17.5. The van der Waals surface area contributed by atoms with Crippen LogP contribution in [0.15, 0.2) is 36.9 Å². The maximum Gasteiger partial charge on any atom is 0.323 e. The summed E-state index contributed by atoms with van der Waals surface area (Å²) in [6.45, 7) is 2.59. The number of likely N-dealkylation sites (N-methyl/N-ethyl adjacent to an activating group) is 1. The third-order valence-electron chi connectivity index (χ3n) is 4.17. The second-order valence-electron chi connectivity index (χ2n) is 5.92. The number of hydrogen-bond donors (Lipinski definition) is 3. The van der Waals surface area contributed by atoms with Crippen molar-refractivity contribution in [3.8, 4) is 0 Å². The first-order valence-corrected chi connectivity index (χ1v) is 8.00. The van der Waals surface area contributed by atoms with Crippen molar-refractivity contribution < 1.29 is 15.0 Å². The molecule has 2 heterocycles. The lowest BCUT2D eigenvalue weighted by Gasteiger charge is -2.24. The molecule has 2 aromatic heterocycles. The smallest absolute Gasteiger partial charge is 0.323 e. The summed E-state index contributed by atoms with van der Waals surface area (Å²) in [5.74, 6) is -0.458. The van der Waals surface area contributed by atoms with Crippen LogP contribution in [0.4, 0.5) is 0 Å². The highest BCUT2D eigenvalue weighted by Gasteiger charge is 2.30. The number of aliphatic hydroxyl groups excluding tert-OH is 1. The van der Waals surface area contributed by atoms with E-state index in [4.69, 9.17) is 5.11 Å². The lowest BCUT2D eigenvalue weighted by atomic mass is 9.94. The minimum Gasteiger partial charge on any atom is -0.480 e. The van der Waals surface area contributed by atoms with Crippen LogP contribution >= 0.6 is 0 Å².